The lowest BCUT2D eigenvalue weighted by atomic mass is 10.1. The normalized spacial score (nSPS) is 15.5. The molecule has 1 N–H and O–H groups in total. The Morgan fingerprint density at radius 3 is 1.68 bits per heavy atom. The molecule has 4 amide bonds. The third-order valence-corrected chi connectivity index (χ3v) is 5.83. The van der Waals surface area contributed by atoms with Crippen molar-refractivity contribution >= 4 is 35.1 Å². The highest BCUT2D eigenvalue weighted by Gasteiger charge is 2.40. The van der Waals surface area contributed by atoms with Crippen LogP contribution in [0.2, 0.25) is 0 Å². The van der Waals surface area contributed by atoms with E-state index in [0.29, 0.717) is 17.1 Å². The van der Waals surface area contributed by atoms with Gasteiger partial charge in [-0.1, -0.05) is 54.6 Å². The number of carbonyl (C=O) groups is 3. The Hall–Kier alpha value is -4.33. The van der Waals surface area contributed by atoms with E-state index >= 15 is 0 Å². The topological polar surface area (TPSA) is 84.4 Å². The third kappa shape index (κ3) is 4.71. The fourth-order valence-corrected chi connectivity index (χ4v) is 4.02. The lowest BCUT2D eigenvalue weighted by Gasteiger charge is -2.42. The van der Waals surface area contributed by atoms with Crippen molar-refractivity contribution in [2.24, 2.45) is 0 Å². The first-order valence-electron chi connectivity index (χ1n) is 11.0. The number of nitrogens with zero attached hydrogens (tertiary/aromatic N) is 4. The van der Waals surface area contributed by atoms with E-state index < -0.39 is 18.0 Å². The lowest BCUT2D eigenvalue weighted by molar-refractivity contribution is -0.143. The molecule has 0 spiro atoms. The maximum absolute atomic E-state index is 13.7. The van der Waals surface area contributed by atoms with E-state index in [4.69, 9.17) is 0 Å². The largest absolute Gasteiger partial charge is 0.480 e. The standard InChI is InChI=1S/C26H26N4O4/c1-27(20-11-5-2-6-12-20)25(33)28-17-18-29(23(19-28)24(31)32)26(34)30(21-13-7-3-8-14-21)22-15-9-4-10-16-22/h2-16,23H,17-19H2,1H3,(H,31,32)/t23-/m0/s1. The predicted molar refractivity (Wildman–Crippen MR) is 130 cm³/mol. The molecule has 174 valence electrons. The van der Waals surface area contributed by atoms with Crippen molar-refractivity contribution in [3.8, 4) is 0 Å². The maximum Gasteiger partial charge on any atom is 0.329 e. The van der Waals surface area contributed by atoms with Gasteiger partial charge in [0.1, 0.15) is 6.04 Å². The van der Waals surface area contributed by atoms with E-state index in [1.54, 1.807) is 31.3 Å². The number of piperazine rings is 1. The molecule has 3 aromatic carbocycles. The molecule has 8 nitrogen and oxygen atoms in total. The van der Waals surface area contributed by atoms with E-state index in [2.05, 4.69) is 0 Å². The number of hydrogen-bond donors (Lipinski definition) is 1. The Labute approximate surface area is 198 Å². The van der Waals surface area contributed by atoms with Crippen LogP contribution >= 0.6 is 0 Å². The molecule has 34 heavy (non-hydrogen) atoms. The van der Waals surface area contributed by atoms with Crippen LogP contribution in [0.4, 0.5) is 26.7 Å². The number of urea groups is 2. The minimum atomic E-state index is -1.18. The molecule has 0 saturated carbocycles. The number of benzene rings is 3. The van der Waals surface area contributed by atoms with E-state index in [9.17, 15) is 19.5 Å². The molecule has 0 radical (unpaired) electrons. The number of hydrogen-bond acceptors (Lipinski definition) is 3. The molecule has 1 aliphatic rings. The summed E-state index contributed by atoms with van der Waals surface area (Å²) in [6, 6.07) is 25.4. The zero-order valence-corrected chi connectivity index (χ0v) is 18.8. The smallest absolute Gasteiger partial charge is 0.329 e. The van der Waals surface area contributed by atoms with Gasteiger partial charge in [-0.05, 0) is 36.4 Å². The molecular weight excluding hydrogens is 432 g/mol. The molecule has 0 unspecified atom stereocenters. The zero-order valence-electron chi connectivity index (χ0n) is 18.8. The molecule has 8 heteroatoms. The summed E-state index contributed by atoms with van der Waals surface area (Å²) in [6.45, 7) is 0.220. The van der Waals surface area contributed by atoms with Crippen LogP contribution in [-0.4, -0.2) is 65.7 Å². The van der Waals surface area contributed by atoms with Gasteiger partial charge in [0.05, 0.1) is 17.9 Å². The second kappa shape index (κ2) is 10.1. The van der Waals surface area contributed by atoms with Crippen LogP contribution in [-0.2, 0) is 4.79 Å². The average Bonchev–Trinajstić information content (AvgIpc) is 2.89. The maximum atomic E-state index is 13.7. The number of rotatable bonds is 4. The van der Waals surface area contributed by atoms with Gasteiger partial charge in [0, 0.05) is 25.8 Å². The van der Waals surface area contributed by atoms with Gasteiger partial charge in [-0.15, -0.1) is 0 Å². The SMILES string of the molecule is CN(C(=O)N1CCN(C(=O)N(c2ccccc2)c2ccccc2)[C@H](C(=O)O)C1)c1ccccc1. The molecule has 1 aliphatic heterocycles. The fraction of sp³-hybridized carbons (Fsp3) is 0.192. The molecule has 1 heterocycles. The van der Waals surface area contributed by atoms with E-state index in [0.717, 1.165) is 0 Å². The predicted octanol–water partition coefficient (Wildman–Crippen LogP) is 4.27. The molecule has 1 fully saturated rings. The van der Waals surface area contributed by atoms with Crippen LogP contribution < -0.4 is 9.80 Å². The number of carbonyl (C=O) groups excluding carboxylic acids is 2. The molecule has 3 aromatic rings. The van der Waals surface area contributed by atoms with Crippen molar-refractivity contribution in [2.75, 3.05) is 36.5 Å². The number of amides is 4. The Bertz CT molecular complexity index is 1100. The second-order valence-corrected chi connectivity index (χ2v) is 7.96. The Morgan fingerprint density at radius 1 is 0.735 bits per heavy atom. The van der Waals surface area contributed by atoms with Gasteiger partial charge in [-0.2, -0.15) is 0 Å². The molecule has 0 aromatic heterocycles. The van der Waals surface area contributed by atoms with Crippen LogP contribution in [0.1, 0.15) is 0 Å². The summed E-state index contributed by atoms with van der Waals surface area (Å²) in [5.74, 6) is -1.16. The molecular formula is C26H26N4O4. The second-order valence-electron chi connectivity index (χ2n) is 7.96. The number of carboxylic acids is 1. The molecule has 0 bridgehead atoms. The summed E-state index contributed by atoms with van der Waals surface area (Å²) < 4.78 is 0. The minimum absolute atomic E-state index is 0.0976. The van der Waals surface area contributed by atoms with Crippen LogP contribution in [0.15, 0.2) is 91.0 Å². The number of para-hydroxylation sites is 3. The fourth-order valence-electron chi connectivity index (χ4n) is 4.02. The minimum Gasteiger partial charge on any atom is -0.480 e. The van der Waals surface area contributed by atoms with Gasteiger partial charge in [-0.3, -0.25) is 9.80 Å². The Kier molecular flexibility index (Phi) is 6.77. The van der Waals surface area contributed by atoms with Crippen molar-refractivity contribution in [1.29, 1.82) is 0 Å². The van der Waals surface area contributed by atoms with Gasteiger partial charge >= 0.3 is 18.0 Å². The first-order valence-corrected chi connectivity index (χ1v) is 11.0. The van der Waals surface area contributed by atoms with Crippen molar-refractivity contribution < 1.29 is 19.5 Å². The van der Waals surface area contributed by atoms with Gasteiger partial charge in [0.15, 0.2) is 0 Å². The average molecular weight is 459 g/mol. The summed E-state index contributed by atoms with van der Waals surface area (Å²) in [5, 5.41) is 9.97. The number of anilines is 3. The zero-order chi connectivity index (χ0) is 24.1. The summed E-state index contributed by atoms with van der Waals surface area (Å²) in [7, 11) is 1.65. The highest BCUT2D eigenvalue weighted by molar-refractivity contribution is 6.01. The highest BCUT2D eigenvalue weighted by Crippen LogP contribution is 2.28. The molecule has 1 atom stereocenters. The highest BCUT2D eigenvalue weighted by atomic mass is 16.4. The van der Waals surface area contributed by atoms with Crippen molar-refractivity contribution in [3.05, 3.63) is 91.0 Å². The summed E-state index contributed by atoms with van der Waals surface area (Å²) in [6.07, 6.45) is 0. The Balaban J connectivity index is 1.58. The number of carboxylic acid groups (broad SMARTS) is 1. The van der Waals surface area contributed by atoms with Crippen molar-refractivity contribution in [3.63, 3.8) is 0 Å². The van der Waals surface area contributed by atoms with Crippen LogP contribution in [0.5, 0.6) is 0 Å². The van der Waals surface area contributed by atoms with Gasteiger partial charge in [0.25, 0.3) is 0 Å². The molecule has 1 saturated heterocycles. The van der Waals surface area contributed by atoms with Crippen LogP contribution in [0.3, 0.4) is 0 Å². The van der Waals surface area contributed by atoms with E-state index in [-0.39, 0.29) is 25.7 Å². The summed E-state index contributed by atoms with van der Waals surface area (Å²) >= 11 is 0. The third-order valence-electron chi connectivity index (χ3n) is 5.83. The van der Waals surface area contributed by atoms with Crippen LogP contribution in [0.25, 0.3) is 0 Å². The van der Waals surface area contributed by atoms with Crippen LogP contribution in [0, 0.1) is 0 Å². The first kappa shape index (κ1) is 22.8. The van der Waals surface area contributed by atoms with Gasteiger partial charge < -0.3 is 14.9 Å². The van der Waals surface area contributed by atoms with Crippen molar-refractivity contribution in [1.82, 2.24) is 9.80 Å². The van der Waals surface area contributed by atoms with Gasteiger partial charge in [0.2, 0.25) is 0 Å². The summed E-state index contributed by atoms with van der Waals surface area (Å²) in [4.78, 5) is 44.8. The Morgan fingerprint density at radius 2 is 1.21 bits per heavy atom. The van der Waals surface area contributed by atoms with E-state index in [1.165, 1.54) is 19.6 Å². The number of aliphatic carboxylic acids is 1. The lowest BCUT2D eigenvalue weighted by Crippen LogP contribution is -2.62. The first-order chi connectivity index (χ1) is 16.5. The summed E-state index contributed by atoms with van der Waals surface area (Å²) in [5.41, 5.74) is 1.97. The monoisotopic (exact) mass is 458 g/mol. The quantitative estimate of drug-likeness (QED) is 0.633. The molecule has 4 rings (SSSR count). The van der Waals surface area contributed by atoms with Crippen molar-refractivity contribution in [2.45, 2.75) is 6.04 Å². The van der Waals surface area contributed by atoms with E-state index in [1.807, 2.05) is 66.7 Å². The molecule has 0 aliphatic carbocycles. The van der Waals surface area contributed by atoms with Gasteiger partial charge in [-0.25, -0.2) is 14.4 Å².